The summed E-state index contributed by atoms with van der Waals surface area (Å²) >= 11 is 0. The highest BCUT2D eigenvalue weighted by atomic mass is 16.5. The maximum absolute atomic E-state index is 12.5. The first-order valence-electron chi connectivity index (χ1n) is 7.64. The number of ether oxygens (including phenoxy) is 3. The molecule has 2 atom stereocenters. The number of esters is 2. The van der Waals surface area contributed by atoms with Crippen molar-refractivity contribution in [3.63, 3.8) is 0 Å². The molecule has 0 bridgehead atoms. The molecule has 25 heavy (non-hydrogen) atoms. The molecule has 0 saturated heterocycles. The van der Waals surface area contributed by atoms with Crippen molar-refractivity contribution in [3.05, 3.63) is 23.3 Å². The van der Waals surface area contributed by atoms with E-state index in [1.807, 2.05) is 20.8 Å². The number of allylic oxidation sites excluding steroid dienone is 2. The van der Waals surface area contributed by atoms with Crippen molar-refractivity contribution in [1.82, 2.24) is 5.32 Å². The van der Waals surface area contributed by atoms with Crippen LogP contribution in [0.15, 0.2) is 23.3 Å². The number of nitrogens with one attached hydrogen (secondary N) is 1. The first-order valence-corrected chi connectivity index (χ1v) is 7.64. The Hall–Kier alpha value is -2.64. The van der Waals surface area contributed by atoms with E-state index in [1.54, 1.807) is 0 Å². The monoisotopic (exact) mass is 351 g/mol. The van der Waals surface area contributed by atoms with Crippen molar-refractivity contribution in [3.8, 4) is 0 Å². The van der Waals surface area contributed by atoms with Crippen LogP contribution in [0.1, 0.15) is 27.7 Å². The van der Waals surface area contributed by atoms with Gasteiger partial charge in [0.2, 0.25) is 17.4 Å². The number of methoxy groups -OCH3 is 2. The Labute approximate surface area is 145 Å². The zero-order chi connectivity index (χ0) is 19.2. The molecule has 2 rings (SSSR count). The van der Waals surface area contributed by atoms with Crippen LogP contribution in [0.2, 0.25) is 0 Å². The summed E-state index contributed by atoms with van der Waals surface area (Å²) in [7, 11) is 2.28. The lowest BCUT2D eigenvalue weighted by atomic mass is 9.69. The van der Waals surface area contributed by atoms with Gasteiger partial charge in [-0.2, -0.15) is 0 Å². The Kier molecular flexibility index (Phi) is 4.50. The van der Waals surface area contributed by atoms with E-state index < -0.39 is 40.4 Å². The molecular formula is C17H21NO7. The van der Waals surface area contributed by atoms with Crippen molar-refractivity contribution < 1.29 is 33.4 Å². The average molecular weight is 351 g/mol. The zero-order valence-corrected chi connectivity index (χ0v) is 15.0. The minimum Gasteiger partial charge on any atom is -0.469 e. The maximum atomic E-state index is 12.5. The highest BCUT2D eigenvalue weighted by Crippen LogP contribution is 2.50. The molecule has 8 nitrogen and oxygen atoms in total. The molecule has 0 radical (unpaired) electrons. The van der Waals surface area contributed by atoms with E-state index in [0.717, 1.165) is 20.3 Å². The lowest BCUT2D eigenvalue weighted by Crippen LogP contribution is -2.50. The Morgan fingerprint density at radius 1 is 1.20 bits per heavy atom. The number of carbonyl (C=O) groups is 4. The molecular weight excluding hydrogens is 330 g/mol. The molecule has 1 aliphatic carbocycles. The van der Waals surface area contributed by atoms with Gasteiger partial charge in [-0.1, -0.05) is 0 Å². The second-order valence-electron chi connectivity index (χ2n) is 7.07. The van der Waals surface area contributed by atoms with Gasteiger partial charge in [-0.15, -0.1) is 0 Å². The predicted octanol–water partition coefficient (Wildman–Crippen LogP) is 0.620. The minimum atomic E-state index is -1.66. The number of fused-ring (bicyclic) bond motifs is 1. The summed E-state index contributed by atoms with van der Waals surface area (Å²) in [6.07, 6.45) is 1.04. The van der Waals surface area contributed by atoms with E-state index in [2.05, 4.69) is 5.32 Å². The first-order chi connectivity index (χ1) is 11.5. The molecule has 0 saturated carbocycles. The van der Waals surface area contributed by atoms with Crippen molar-refractivity contribution >= 4 is 23.5 Å². The molecule has 1 aliphatic heterocycles. The van der Waals surface area contributed by atoms with Crippen LogP contribution in [0.4, 0.5) is 0 Å². The number of ketones is 2. The predicted molar refractivity (Wildman–Crippen MR) is 84.7 cm³/mol. The molecule has 0 aromatic rings. The van der Waals surface area contributed by atoms with Gasteiger partial charge in [0.05, 0.1) is 14.2 Å². The van der Waals surface area contributed by atoms with Crippen LogP contribution in [0.5, 0.6) is 0 Å². The van der Waals surface area contributed by atoms with Gasteiger partial charge in [-0.3, -0.25) is 14.4 Å². The lowest BCUT2D eigenvalue weighted by molar-refractivity contribution is -0.156. The largest absolute Gasteiger partial charge is 0.469 e. The third kappa shape index (κ3) is 2.92. The number of carbonyl (C=O) groups excluding carboxylic acids is 4. The lowest BCUT2D eigenvalue weighted by Gasteiger charge is -2.39. The van der Waals surface area contributed by atoms with Crippen LogP contribution in [-0.2, 0) is 33.4 Å². The smallest absolute Gasteiger partial charge is 0.340 e. The quantitative estimate of drug-likeness (QED) is 0.582. The van der Waals surface area contributed by atoms with Gasteiger partial charge in [0.1, 0.15) is 22.7 Å². The average Bonchev–Trinajstić information content (AvgIpc) is 2.74. The first kappa shape index (κ1) is 18.7. The van der Waals surface area contributed by atoms with Crippen LogP contribution in [0.25, 0.3) is 0 Å². The number of Topliss-reactive ketones (excluding diaryl/α,β-unsaturated/α-hetero) is 1. The fourth-order valence-corrected chi connectivity index (χ4v) is 2.92. The molecule has 0 aromatic heterocycles. The molecule has 0 spiro atoms. The summed E-state index contributed by atoms with van der Waals surface area (Å²) in [6, 6.07) is 0. The summed E-state index contributed by atoms with van der Waals surface area (Å²) in [5.41, 5.74) is -2.38. The molecule has 1 N–H and O–H groups in total. The number of hydrogen-bond acceptors (Lipinski definition) is 8. The third-order valence-electron chi connectivity index (χ3n) is 4.12. The summed E-state index contributed by atoms with van der Waals surface area (Å²) < 4.78 is 15.2. The molecule has 0 aromatic carbocycles. The van der Waals surface area contributed by atoms with Crippen molar-refractivity contribution in [2.75, 3.05) is 14.2 Å². The van der Waals surface area contributed by atoms with Gasteiger partial charge in [-0.25, -0.2) is 4.79 Å². The van der Waals surface area contributed by atoms with Crippen LogP contribution >= 0.6 is 0 Å². The highest BCUT2D eigenvalue weighted by Gasteiger charge is 2.62. The fraction of sp³-hybridized carbons (Fsp3) is 0.529. The van der Waals surface area contributed by atoms with Gasteiger partial charge in [0, 0.05) is 11.6 Å². The summed E-state index contributed by atoms with van der Waals surface area (Å²) in [5, 5.41) is 2.98. The van der Waals surface area contributed by atoms with Crippen LogP contribution in [-0.4, -0.2) is 43.3 Å². The standard InChI is InChI=1S/C17H21NO7/c1-16(2,3)18-13-10(14(21)23-5)11(15(22)24-6)17(4)9(25-13)7-8(19)12(17)20/h7,11,18H,1-6H3/t11-,17-/m0/s1. The van der Waals surface area contributed by atoms with E-state index in [-0.39, 0.29) is 17.2 Å². The summed E-state index contributed by atoms with van der Waals surface area (Å²) in [4.78, 5) is 49.2. The van der Waals surface area contributed by atoms with Crippen LogP contribution in [0.3, 0.4) is 0 Å². The highest BCUT2D eigenvalue weighted by molar-refractivity contribution is 6.47. The van der Waals surface area contributed by atoms with Gasteiger partial charge >= 0.3 is 11.9 Å². The van der Waals surface area contributed by atoms with Crippen LogP contribution < -0.4 is 5.32 Å². The van der Waals surface area contributed by atoms with E-state index in [1.165, 1.54) is 6.92 Å². The van der Waals surface area contributed by atoms with Gasteiger partial charge < -0.3 is 19.5 Å². The second-order valence-corrected chi connectivity index (χ2v) is 7.07. The Balaban J connectivity index is 2.75. The molecule has 0 unspecified atom stereocenters. The van der Waals surface area contributed by atoms with E-state index in [9.17, 15) is 19.2 Å². The maximum Gasteiger partial charge on any atom is 0.340 e. The molecule has 1 heterocycles. The number of rotatable bonds is 3. The second kappa shape index (κ2) is 6.02. The van der Waals surface area contributed by atoms with E-state index >= 15 is 0 Å². The third-order valence-corrected chi connectivity index (χ3v) is 4.12. The van der Waals surface area contributed by atoms with Crippen LogP contribution in [0, 0.1) is 11.3 Å². The van der Waals surface area contributed by atoms with Crippen molar-refractivity contribution in [2.45, 2.75) is 33.2 Å². The van der Waals surface area contributed by atoms with E-state index in [0.29, 0.717) is 0 Å². The fourth-order valence-electron chi connectivity index (χ4n) is 2.92. The Morgan fingerprint density at radius 2 is 1.80 bits per heavy atom. The van der Waals surface area contributed by atoms with E-state index in [4.69, 9.17) is 14.2 Å². The zero-order valence-electron chi connectivity index (χ0n) is 15.0. The minimum absolute atomic E-state index is 0.00250. The van der Waals surface area contributed by atoms with Crippen molar-refractivity contribution in [1.29, 1.82) is 0 Å². The molecule has 0 amide bonds. The SMILES string of the molecule is COC(=O)C1=C(NC(C)(C)C)OC2=CC(=O)C(=O)[C@]2(C)[C@@H]1C(=O)OC. The summed E-state index contributed by atoms with van der Waals surface area (Å²) in [6.45, 7) is 6.83. The number of hydrogen-bond donors (Lipinski definition) is 1. The topological polar surface area (TPSA) is 108 Å². The van der Waals surface area contributed by atoms with Gasteiger partial charge in [0.25, 0.3) is 0 Å². The Bertz CT molecular complexity index is 726. The van der Waals surface area contributed by atoms with Gasteiger partial charge in [0.15, 0.2) is 0 Å². The van der Waals surface area contributed by atoms with Crippen molar-refractivity contribution in [2.24, 2.45) is 11.3 Å². The normalized spacial score (nSPS) is 25.8. The molecule has 2 aliphatic rings. The van der Waals surface area contributed by atoms with Gasteiger partial charge in [-0.05, 0) is 27.7 Å². The Morgan fingerprint density at radius 3 is 2.28 bits per heavy atom. The molecule has 136 valence electrons. The molecule has 0 fully saturated rings. The molecule has 8 heteroatoms. The summed E-state index contributed by atoms with van der Waals surface area (Å²) in [5.74, 6) is -4.74.